The first-order valence-corrected chi connectivity index (χ1v) is 9.50. The van der Waals surface area contributed by atoms with Gasteiger partial charge in [-0.3, -0.25) is 4.79 Å². The lowest BCUT2D eigenvalue weighted by Gasteiger charge is -2.29. The number of fused-ring (bicyclic) bond motifs is 1. The van der Waals surface area contributed by atoms with Crippen LogP contribution in [0.5, 0.6) is 5.75 Å². The molecule has 1 saturated heterocycles. The van der Waals surface area contributed by atoms with E-state index in [0.717, 1.165) is 37.4 Å². The minimum atomic E-state index is 0.125. The standard InChI is InChI=1S/C22H26N2O2/c1-26-21-9-8-20-15-24(12-10-18(20)13-21)22(25)17-6-4-16(5-7-17)19-3-2-11-23-14-19/h4-9,13,19,23H,2-3,10-12,14-15H2,1H3/t19-/m0/s1. The molecule has 26 heavy (non-hydrogen) atoms. The van der Waals surface area contributed by atoms with Gasteiger partial charge in [-0.25, -0.2) is 0 Å². The van der Waals surface area contributed by atoms with Crippen molar-refractivity contribution in [3.63, 3.8) is 0 Å². The lowest BCUT2D eigenvalue weighted by atomic mass is 9.91. The second-order valence-corrected chi connectivity index (χ2v) is 7.28. The normalized spacial score (nSPS) is 19.7. The quantitative estimate of drug-likeness (QED) is 0.923. The molecule has 1 fully saturated rings. The van der Waals surface area contributed by atoms with E-state index < -0.39 is 0 Å². The van der Waals surface area contributed by atoms with E-state index in [1.165, 1.54) is 29.5 Å². The Bertz CT molecular complexity index is 779. The number of methoxy groups -OCH3 is 1. The molecule has 136 valence electrons. The van der Waals surface area contributed by atoms with Crippen molar-refractivity contribution in [2.45, 2.75) is 31.7 Å². The average Bonchev–Trinajstić information content (AvgIpc) is 2.73. The first-order valence-electron chi connectivity index (χ1n) is 9.50. The van der Waals surface area contributed by atoms with E-state index in [1.54, 1.807) is 7.11 Å². The summed E-state index contributed by atoms with van der Waals surface area (Å²) in [6.45, 7) is 3.59. The molecule has 0 unspecified atom stereocenters. The van der Waals surface area contributed by atoms with Gasteiger partial charge in [0.1, 0.15) is 5.75 Å². The summed E-state index contributed by atoms with van der Waals surface area (Å²) < 4.78 is 5.30. The monoisotopic (exact) mass is 350 g/mol. The van der Waals surface area contributed by atoms with E-state index in [4.69, 9.17) is 4.74 Å². The molecule has 2 aromatic carbocycles. The topological polar surface area (TPSA) is 41.6 Å². The van der Waals surface area contributed by atoms with Crippen LogP contribution in [0.4, 0.5) is 0 Å². The van der Waals surface area contributed by atoms with E-state index in [1.807, 2.05) is 23.1 Å². The minimum absolute atomic E-state index is 0.125. The fraction of sp³-hybridized carbons (Fsp3) is 0.409. The van der Waals surface area contributed by atoms with Crippen LogP contribution >= 0.6 is 0 Å². The van der Waals surface area contributed by atoms with Crippen molar-refractivity contribution in [3.05, 3.63) is 64.7 Å². The van der Waals surface area contributed by atoms with Gasteiger partial charge in [0.25, 0.3) is 5.91 Å². The fourth-order valence-electron chi connectivity index (χ4n) is 4.05. The molecule has 2 aliphatic heterocycles. The molecule has 4 heteroatoms. The molecule has 1 amide bonds. The van der Waals surface area contributed by atoms with Crippen LogP contribution in [-0.2, 0) is 13.0 Å². The first-order chi connectivity index (χ1) is 12.7. The van der Waals surface area contributed by atoms with Gasteiger partial charge in [0, 0.05) is 25.2 Å². The van der Waals surface area contributed by atoms with Crippen LogP contribution in [0.25, 0.3) is 0 Å². The Morgan fingerprint density at radius 3 is 2.73 bits per heavy atom. The summed E-state index contributed by atoms with van der Waals surface area (Å²) in [6, 6.07) is 14.4. The molecule has 0 aromatic heterocycles. The van der Waals surface area contributed by atoms with Gasteiger partial charge in [-0.15, -0.1) is 0 Å². The maximum atomic E-state index is 12.9. The zero-order valence-electron chi connectivity index (χ0n) is 15.3. The molecule has 0 spiro atoms. The minimum Gasteiger partial charge on any atom is -0.497 e. The highest BCUT2D eigenvalue weighted by molar-refractivity contribution is 5.94. The highest BCUT2D eigenvalue weighted by atomic mass is 16.5. The highest BCUT2D eigenvalue weighted by Crippen LogP contribution is 2.26. The molecular formula is C22H26N2O2. The van der Waals surface area contributed by atoms with E-state index in [9.17, 15) is 4.79 Å². The number of carbonyl (C=O) groups excluding carboxylic acids is 1. The van der Waals surface area contributed by atoms with Gasteiger partial charge in [-0.05, 0) is 72.7 Å². The molecule has 2 aromatic rings. The number of piperidine rings is 1. The lowest BCUT2D eigenvalue weighted by Crippen LogP contribution is -2.36. The van der Waals surface area contributed by atoms with Crippen LogP contribution in [0, 0.1) is 0 Å². The smallest absolute Gasteiger partial charge is 0.254 e. The van der Waals surface area contributed by atoms with Crippen molar-refractivity contribution in [2.24, 2.45) is 0 Å². The van der Waals surface area contributed by atoms with Crippen LogP contribution in [-0.4, -0.2) is 37.6 Å². The molecule has 4 nitrogen and oxygen atoms in total. The highest BCUT2D eigenvalue weighted by Gasteiger charge is 2.22. The Morgan fingerprint density at radius 2 is 2.00 bits per heavy atom. The second kappa shape index (κ2) is 7.50. The molecule has 1 atom stereocenters. The Morgan fingerprint density at radius 1 is 1.15 bits per heavy atom. The SMILES string of the molecule is COc1ccc2c(c1)CCN(C(=O)c1ccc([C@H]3CCCNC3)cc1)C2. The zero-order valence-corrected chi connectivity index (χ0v) is 15.3. The van der Waals surface area contributed by atoms with Crippen molar-refractivity contribution in [2.75, 3.05) is 26.7 Å². The van der Waals surface area contributed by atoms with Crippen LogP contribution < -0.4 is 10.1 Å². The summed E-state index contributed by atoms with van der Waals surface area (Å²) >= 11 is 0. The molecule has 4 rings (SSSR count). The number of carbonyl (C=O) groups is 1. The maximum absolute atomic E-state index is 12.9. The molecule has 0 bridgehead atoms. The summed E-state index contributed by atoms with van der Waals surface area (Å²) in [7, 11) is 1.69. The third-order valence-electron chi connectivity index (χ3n) is 5.64. The number of benzene rings is 2. The summed E-state index contributed by atoms with van der Waals surface area (Å²) in [5.41, 5.74) is 4.63. The second-order valence-electron chi connectivity index (χ2n) is 7.28. The zero-order chi connectivity index (χ0) is 17.9. The average molecular weight is 350 g/mol. The molecule has 1 N–H and O–H groups in total. The third kappa shape index (κ3) is 3.47. The van der Waals surface area contributed by atoms with Crippen LogP contribution in [0.15, 0.2) is 42.5 Å². The molecular weight excluding hydrogens is 324 g/mol. The molecule has 2 aliphatic rings. The number of amides is 1. The van der Waals surface area contributed by atoms with Crippen LogP contribution in [0.3, 0.4) is 0 Å². The summed E-state index contributed by atoms with van der Waals surface area (Å²) in [4.78, 5) is 14.9. The van der Waals surface area contributed by atoms with Crippen LogP contribution in [0.2, 0.25) is 0 Å². The van der Waals surface area contributed by atoms with Crippen molar-refractivity contribution >= 4 is 5.91 Å². The van der Waals surface area contributed by atoms with Gasteiger partial charge >= 0.3 is 0 Å². The summed E-state index contributed by atoms with van der Waals surface area (Å²) in [5.74, 6) is 1.58. The van der Waals surface area contributed by atoms with Gasteiger partial charge in [0.05, 0.1) is 7.11 Å². The van der Waals surface area contributed by atoms with E-state index >= 15 is 0 Å². The molecule has 0 aliphatic carbocycles. The Hall–Kier alpha value is -2.33. The first kappa shape index (κ1) is 17.1. The molecule has 0 saturated carbocycles. The lowest BCUT2D eigenvalue weighted by molar-refractivity contribution is 0.0734. The molecule has 2 heterocycles. The van der Waals surface area contributed by atoms with Crippen LogP contribution in [0.1, 0.15) is 45.8 Å². The van der Waals surface area contributed by atoms with Crippen molar-refractivity contribution in [1.29, 1.82) is 0 Å². The molecule has 0 radical (unpaired) electrons. The predicted molar refractivity (Wildman–Crippen MR) is 103 cm³/mol. The largest absolute Gasteiger partial charge is 0.497 e. The van der Waals surface area contributed by atoms with E-state index in [-0.39, 0.29) is 5.91 Å². The van der Waals surface area contributed by atoms with Gasteiger partial charge in [-0.2, -0.15) is 0 Å². The van der Waals surface area contributed by atoms with Crippen molar-refractivity contribution in [3.8, 4) is 5.75 Å². The van der Waals surface area contributed by atoms with Gasteiger partial charge in [0.15, 0.2) is 0 Å². The van der Waals surface area contributed by atoms with E-state index in [0.29, 0.717) is 12.5 Å². The third-order valence-corrected chi connectivity index (χ3v) is 5.64. The number of ether oxygens (including phenoxy) is 1. The Labute approximate surface area is 155 Å². The van der Waals surface area contributed by atoms with E-state index in [2.05, 4.69) is 29.6 Å². The van der Waals surface area contributed by atoms with Crippen molar-refractivity contribution < 1.29 is 9.53 Å². The number of hydrogen-bond donors (Lipinski definition) is 1. The number of rotatable bonds is 3. The number of nitrogens with one attached hydrogen (secondary N) is 1. The maximum Gasteiger partial charge on any atom is 0.254 e. The Balaban J connectivity index is 1.45. The fourth-order valence-corrected chi connectivity index (χ4v) is 4.05. The number of nitrogens with zero attached hydrogens (tertiary/aromatic N) is 1. The van der Waals surface area contributed by atoms with Crippen molar-refractivity contribution in [1.82, 2.24) is 10.2 Å². The van der Waals surface area contributed by atoms with Gasteiger partial charge in [-0.1, -0.05) is 18.2 Å². The summed E-state index contributed by atoms with van der Waals surface area (Å²) in [6.07, 6.45) is 3.33. The van der Waals surface area contributed by atoms with Gasteiger partial charge < -0.3 is 15.0 Å². The number of hydrogen-bond acceptors (Lipinski definition) is 3. The predicted octanol–water partition coefficient (Wildman–Crippen LogP) is 3.36. The Kier molecular flexibility index (Phi) is 4.93. The summed E-state index contributed by atoms with van der Waals surface area (Å²) in [5, 5.41) is 3.46. The van der Waals surface area contributed by atoms with Gasteiger partial charge in [0.2, 0.25) is 0 Å².